The maximum Gasteiger partial charge on any atom is 0.0962 e. The van der Waals surface area contributed by atoms with E-state index in [4.69, 9.17) is 9.68 Å². The molecule has 1 aromatic carbocycles. The zero-order chi connectivity index (χ0) is 10.8. The Morgan fingerprint density at radius 1 is 1.25 bits per heavy atom. The minimum atomic E-state index is 0.490. The van der Waals surface area contributed by atoms with Crippen molar-refractivity contribution in [2.45, 2.75) is 31.9 Å². The Labute approximate surface area is 95.9 Å². The molecule has 1 saturated heterocycles. The molecule has 0 N–H and O–H groups in total. The molecule has 0 aromatic heterocycles. The highest BCUT2D eigenvalue weighted by Crippen LogP contribution is 2.35. The monoisotopic (exact) mass is 219 g/mol. The van der Waals surface area contributed by atoms with Crippen LogP contribution in [0.25, 0.3) is 0 Å². The zero-order valence-electron chi connectivity index (χ0n) is 9.34. The van der Waals surface area contributed by atoms with Crippen molar-refractivity contribution >= 4 is 0 Å². The summed E-state index contributed by atoms with van der Waals surface area (Å²) in [5.41, 5.74) is 1.19. The molecule has 1 aliphatic heterocycles. The van der Waals surface area contributed by atoms with Gasteiger partial charge in [-0.25, -0.2) is 0 Å². The summed E-state index contributed by atoms with van der Waals surface area (Å²) < 4.78 is 0. The van der Waals surface area contributed by atoms with Crippen LogP contribution in [-0.4, -0.2) is 17.9 Å². The molecular weight excluding hydrogens is 202 g/mol. The fourth-order valence-electron chi connectivity index (χ4n) is 2.60. The van der Waals surface area contributed by atoms with Gasteiger partial charge in [0.25, 0.3) is 0 Å². The van der Waals surface area contributed by atoms with Gasteiger partial charge in [-0.3, -0.25) is 9.68 Å². The maximum atomic E-state index is 5.71. The minimum Gasteiger partial charge on any atom is -0.274 e. The van der Waals surface area contributed by atoms with Crippen LogP contribution in [0.5, 0.6) is 0 Å². The Morgan fingerprint density at radius 3 is 3.00 bits per heavy atom. The van der Waals surface area contributed by atoms with E-state index in [0.29, 0.717) is 18.6 Å². The second kappa shape index (κ2) is 4.53. The molecule has 0 spiro atoms. The molecule has 0 radical (unpaired) electrons. The van der Waals surface area contributed by atoms with Gasteiger partial charge in [-0.2, -0.15) is 0 Å². The molecule has 2 fully saturated rings. The Balaban J connectivity index is 1.56. The van der Waals surface area contributed by atoms with E-state index >= 15 is 0 Å². The Bertz CT molecular complexity index is 341. The van der Waals surface area contributed by atoms with Crippen LogP contribution in [0.2, 0.25) is 0 Å². The number of hydrogen-bond donors (Lipinski definition) is 0. The van der Waals surface area contributed by atoms with E-state index < -0.39 is 0 Å². The van der Waals surface area contributed by atoms with Crippen LogP contribution in [-0.2, 0) is 16.3 Å². The molecule has 2 unspecified atom stereocenters. The fourth-order valence-corrected chi connectivity index (χ4v) is 2.60. The standard InChI is InChI=1S/C13H17NO2/c1-2-5-11(6-3-1)9-15-14-13-8-4-7-12(13)10-16-14/h1-3,5-6,12-13H,4,7-10H2. The van der Waals surface area contributed by atoms with Crippen LogP contribution in [0, 0.1) is 5.92 Å². The molecule has 2 atom stereocenters. The first kappa shape index (κ1) is 10.3. The van der Waals surface area contributed by atoms with Gasteiger partial charge in [0.1, 0.15) is 0 Å². The van der Waals surface area contributed by atoms with Crippen molar-refractivity contribution in [2.75, 3.05) is 6.61 Å². The third-order valence-corrected chi connectivity index (χ3v) is 3.51. The Morgan fingerprint density at radius 2 is 2.12 bits per heavy atom. The van der Waals surface area contributed by atoms with E-state index in [1.165, 1.54) is 24.8 Å². The molecular formula is C13H17NO2. The topological polar surface area (TPSA) is 21.7 Å². The van der Waals surface area contributed by atoms with Gasteiger partial charge in [0, 0.05) is 5.92 Å². The van der Waals surface area contributed by atoms with Crippen LogP contribution in [0.3, 0.4) is 0 Å². The summed E-state index contributed by atoms with van der Waals surface area (Å²) >= 11 is 0. The second-order valence-electron chi connectivity index (χ2n) is 4.60. The predicted molar refractivity (Wildman–Crippen MR) is 60.2 cm³/mol. The maximum absolute atomic E-state index is 5.71. The number of benzene rings is 1. The lowest BCUT2D eigenvalue weighted by Crippen LogP contribution is -2.29. The number of fused-ring (bicyclic) bond motifs is 1. The lowest BCUT2D eigenvalue weighted by molar-refractivity contribution is -0.364. The quantitative estimate of drug-likeness (QED) is 0.779. The van der Waals surface area contributed by atoms with Crippen LogP contribution in [0.15, 0.2) is 30.3 Å². The fraction of sp³-hybridized carbons (Fsp3) is 0.538. The first-order valence-electron chi connectivity index (χ1n) is 6.02. The molecule has 1 aromatic rings. The van der Waals surface area contributed by atoms with Gasteiger partial charge < -0.3 is 0 Å². The molecule has 3 nitrogen and oxygen atoms in total. The van der Waals surface area contributed by atoms with Crippen molar-refractivity contribution in [3.05, 3.63) is 35.9 Å². The summed E-state index contributed by atoms with van der Waals surface area (Å²) in [4.78, 5) is 11.3. The van der Waals surface area contributed by atoms with Crippen molar-refractivity contribution in [2.24, 2.45) is 5.92 Å². The molecule has 1 heterocycles. The second-order valence-corrected chi connectivity index (χ2v) is 4.60. The van der Waals surface area contributed by atoms with Crippen LogP contribution < -0.4 is 0 Å². The summed E-state index contributed by atoms with van der Waals surface area (Å²) in [6.07, 6.45) is 3.80. The molecule has 2 aliphatic rings. The number of hydroxylamine groups is 2. The lowest BCUT2D eigenvalue weighted by Gasteiger charge is -2.20. The summed E-state index contributed by atoms with van der Waals surface area (Å²) in [6, 6.07) is 10.7. The van der Waals surface area contributed by atoms with E-state index in [9.17, 15) is 0 Å². The third-order valence-electron chi connectivity index (χ3n) is 3.51. The van der Waals surface area contributed by atoms with Gasteiger partial charge in [0.2, 0.25) is 0 Å². The van der Waals surface area contributed by atoms with E-state index in [1.807, 2.05) is 18.2 Å². The smallest absolute Gasteiger partial charge is 0.0962 e. The SMILES string of the molecule is c1ccc(CON2OCC3CCCC32)cc1. The largest absolute Gasteiger partial charge is 0.274 e. The normalized spacial score (nSPS) is 29.5. The molecule has 86 valence electrons. The van der Waals surface area contributed by atoms with Gasteiger partial charge in [0.05, 0.1) is 19.3 Å². The highest BCUT2D eigenvalue weighted by Gasteiger charge is 2.39. The summed E-state index contributed by atoms with van der Waals surface area (Å²) in [5, 5.41) is 1.74. The van der Waals surface area contributed by atoms with Crippen LogP contribution in [0.4, 0.5) is 0 Å². The van der Waals surface area contributed by atoms with Gasteiger partial charge in [0.15, 0.2) is 0 Å². The third kappa shape index (κ3) is 1.98. The molecule has 3 rings (SSSR count). The van der Waals surface area contributed by atoms with E-state index in [0.717, 1.165) is 6.61 Å². The first-order valence-corrected chi connectivity index (χ1v) is 6.02. The summed E-state index contributed by atoms with van der Waals surface area (Å²) in [5.74, 6) is 0.691. The van der Waals surface area contributed by atoms with E-state index in [2.05, 4.69) is 12.1 Å². The Kier molecular flexibility index (Phi) is 2.91. The molecule has 0 amide bonds. The van der Waals surface area contributed by atoms with Crippen molar-refractivity contribution in [1.29, 1.82) is 0 Å². The molecule has 3 heteroatoms. The van der Waals surface area contributed by atoms with Crippen molar-refractivity contribution < 1.29 is 9.68 Å². The van der Waals surface area contributed by atoms with Gasteiger partial charge in [-0.05, 0) is 18.4 Å². The van der Waals surface area contributed by atoms with Gasteiger partial charge >= 0.3 is 0 Å². The minimum absolute atomic E-state index is 0.490. The number of nitrogens with zero attached hydrogens (tertiary/aromatic N) is 1. The summed E-state index contributed by atoms with van der Waals surface area (Å²) in [7, 11) is 0. The molecule has 1 saturated carbocycles. The molecule has 0 bridgehead atoms. The van der Waals surface area contributed by atoms with Crippen LogP contribution >= 0.6 is 0 Å². The predicted octanol–water partition coefficient (Wildman–Crippen LogP) is 2.53. The van der Waals surface area contributed by atoms with Crippen LogP contribution in [0.1, 0.15) is 24.8 Å². The van der Waals surface area contributed by atoms with E-state index in [1.54, 1.807) is 5.23 Å². The first-order chi connectivity index (χ1) is 7.93. The lowest BCUT2D eigenvalue weighted by atomic mass is 10.1. The van der Waals surface area contributed by atoms with Gasteiger partial charge in [-0.15, -0.1) is 0 Å². The van der Waals surface area contributed by atoms with Crippen molar-refractivity contribution in [1.82, 2.24) is 5.23 Å². The molecule has 16 heavy (non-hydrogen) atoms. The van der Waals surface area contributed by atoms with Crippen molar-refractivity contribution in [3.8, 4) is 0 Å². The Hall–Kier alpha value is -0.900. The zero-order valence-corrected chi connectivity index (χ0v) is 9.34. The number of hydrogen-bond acceptors (Lipinski definition) is 3. The molecule has 1 aliphatic carbocycles. The highest BCUT2D eigenvalue weighted by atomic mass is 17.0. The van der Waals surface area contributed by atoms with Crippen molar-refractivity contribution in [3.63, 3.8) is 0 Å². The average molecular weight is 219 g/mol. The van der Waals surface area contributed by atoms with Gasteiger partial charge in [-0.1, -0.05) is 42.0 Å². The highest BCUT2D eigenvalue weighted by molar-refractivity contribution is 5.13. The average Bonchev–Trinajstić information content (AvgIpc) is 2.90. The number of rotatable bonds is 3. The van der Waals surface area contributed by atoms with E-state index in [-0.39, 0.29) is 0 Å². The summed E-state index contributed by atoms with van der Waals surface area (Å²) in [6.45, 7) is 1.43.